The van der Waals surface area contributed by atoms with Gasteiger partial charge in [-0.2, -0.15) is 13.9 Å². The van der Waals surface area contributed by atoms with Crippen molar-refractivity contribution >= 4 is 23.2 Å². The number of alkyl halides is 2. The molecule has 3 aromatic rings. The third kappa shape index (κ3) is 3.38. The van der Waals surface area contributed by atoms with E-state index in [2.05, 4.69) is 25.2 Å². The van der Waals surface area contributed by atoms with Crippen LogP contribution in [0.1, 0.15) is 5.56 Å². The third-order valence-electron chi connectivity index (χ3n) is 2.88. The molecule has 0 aliphatic rings. The van der Waals surface area contributed by atoms with Gasteiger partial charge in [0.05, 0.1) is 17.2 Å². The highest BCUT2D eigenvalue weighted by molar-refractivity contribution is 5.81. The van der Waals surface area contributed by atoms with Crippen LogP contribution in [0.5, 0.6) is 5.75 Å². The minimum Gasteiger partial charge on any atom is -0.435 e. The van der Waals surface area contributed by atoms with E-state index < -0.39 is 6.61 Å². The average molecular weight is 302 g/mol. The Morgan fingerprint density at radius 3 is 2.64 bits per heavy atom. The Morgan fingerprint density at radius 1 is 1.14 bits per heavy atom. The quantitative estimate of drug-likeness (QED) is 0.559. The molecular weight excluding hydrogens is 290 g/mol. The minimum atomic E-state index is -2.82. The van der Waals surface area contributed by atoms with Gasteiger partial charge in [0.25, 0.3) is 0 Å². The lowest BCUT2D eigenvalue weighted by Gasteiger charge is -2.03. The van der Waals surface area contributed by atoms with E-state index in [-0.39, 0.29) is 5.75 Å². The van der Waals surface area contributed by atoms with Crippen LogP contribution in [0.15, 0.2) is 53.6 Å². The topological polar surface area (TPSA) is 62.3 Å². The number of para-hydroxylation sites is 2. The van der Waals surface area contributed by atoms with E-state index in [0.29, 0.717) is 5.95 Å². The highest BCUT2D eigenvalue weighted by Gasteiger charge is 2.03. The van der Waals surface area contributed by atoms with Crippen molar-refractivity contribution in [1.82, 2.24) is 9.97 Å². The summed E-state index contributed by atoms with van der Waals surface area (Å²) in [5.74, 6) is 0.632. The van der Waals surface area contributed by atoms with Gasteiger partial charge >= 0.3 is 6.61 Å². The van der Waals surface area contributed by atoms with Crippen LogP contribution in [0.4, 0.5) is 14.7 Å². The van der Waals surface area contributed by atoms with E-state index in [4.69, 9.17) is 0 Å². The Morgan fingerprint density at radius 2 is 1.91 bits per heavy atom. The number of benzene rings is 2. The Balaban J connectivity index is 1.64. The monoisotopic (exact) mass is 302 g/mol. The van der Waals surface area contributed by atoms with E-state index in [1.165, 1.54) is 12.1 Å². The molecule has 2 N–H and O–H groups in total. The minimum absolute atomic E-state index is 0.109. The van der Waals surface area contributed by atoms with Gasteiger partial charge in [-0.15, -0.1) is 0 Å². The van der Waals surface area contributed by atoms with E-state index in [0.717, 1.165) is 16.6 Å². The van der Waals surface area contributed by atoms with Crippen molar-refractivity contribution in [3.63, 3.8) is 0 Å². The van der Waals surface area contributed by atoms with Crippen LogP contribution >= 0.6 is 0 Å². The number of rotatable bonds is 5. The van der Waals surface area contributed by atoms with Gasteiger partial charge in [-0.25, -0.2) is 10.4 Å². The van der Waals surface area contributed by atoms with Gasteiger partial charge < -0.3 is 9.72 Å². The number of nitrogens with zero attached hydrogens (tertiary/aromatic N) is 2. The van der Waals surface area contributed by atoms with Gasteiger partial charge in [-0.1, -0.05) is 12.1 Å². The lowest BCUT2D eigenvalue weighted by atomic mass is 10.2. The molecule has 0 fully saturated rings. The molecule has 1 aromatic heterocycles. The van der Waals surface area contributed by atoms with Crippen molar-refractivity contribution in [2.75, 3.05) is 5.43 Å². The molecule has 1 heterocycles. The molecule has 2 aromatic carbocycles. The van der Waals surface area contributed by atoms with Gasteiger partial charge in [0.1, 0.15) is 5.75 Å². The number of aromatic nitrogens is 2. The van der Waals surface area contributed by atoms with Crippen LogP contribution in [0.2, 0.25) is 0 Å². The fourth-order valence-electron chi connectivity index (χ4n) is 1.91. The van der Waals surface area contributed by atoms with Crippen LogP contribution in [0.25, 0.3) is 11.0 Å². The Kier molecular flexibility index (Phi) is 3.95. The number of fused-ring (bicyclic) bond motifs is 1. The second-order valence-corrected chi connectivity index (χ2v) is 4.42. The van der Waals surface area contributed by atoms with Crippen LogP contribution < -0.4 is 10.2 Å². The smallest absolute Gasteiger partial charge is 0.387 e. The molecule has 22 heavy (non-hydrogen) atoms. The zero-order valence-electron chi connectivity index (χ0n) is 11.3. The molecule has 0 atom stereocenters. The molecule has 0 spiro atoms. The average Bonchev–Trinajstić information content (AvgIpc) is 2.91. The number of ether oxygens (including phenoxy) is 1. The lowest BCUT2D eigenvalue weighted by Crippen LogP contribution is -2.01. The van der Waals surface area contributed by atoms with Crippen LogP contribution in [-0.4, -0.2) is 22.8 Å². The first-order valence-corrected chi connectivity index (χ1v) is 6.49. The molecule has 0 saturated heterocycles. The largest absolute Gasteiger partial charge is 0.435 e. The molecule has 0 radical (unpaired) electrons. The van der Waals surface area contributed by atoms with Crippen molar-refractivity contribution in [2.45, 2.75) is 6.61 Å². The summed E-state index contributed by atoms with van der Waals surface area (Å²) in [5.41, 5.74) is 5.27. The summed E-state index contributed by atoms with van der Waals surface area (Å²) in [5, 5.41) is 4.04. The molecule has 0 aliphatic heterocycles. The number of hydrazone groups is 1. The Bertz CT molecular complexity index is 751. The van der Waals surface area contributed by atoms with Crippen LogP contribution in [-0.2, 0) is 0 Å². The fraction of sp³-hybridized carbons (Fsp3) is 0.0667. The summed E-state index contributed by atoms with van der Waals surface area (Å²) in [7, 11) is 0. The zero-order valence-corrected chi connectivity index (χ0v) is 11.3. The summed E-state index contributed by atoms with van der Waals surface area (Å²) >= 11 is 0. The second-order valence-electron chi connectivity index (χ2n) is 4.42. The van der Waals surface area contributed by atoms with Crippen molar-refractivity contribution < 1.29 is 13.5 Å². The van der Waals surface area contributed by atoms with Gasteiger partial charge in [0.2, 0.25) is 5.95 Å². The molecule has 0 aliphatic carbocycles. The second kappa shape index (κ2) is 6.21. The van der Waals surface area contributed by atoms with Crippen LogP contribution in [0.3, 0.4) is 0 Å². The zero-order chi connectivity index (χ0) is 15.4. The summed E-state index contributed by atoms with van der Waals surface area (Å²) < 4.78 is 28.3. The molecule has 3 rings (SSSR count). The summed E-state index contributed by atoms with van der Waals surface area (Å²) in [6.07, 6.45) is 1.55. The lowest BCUT2D eigenvalue weighted by molar-refractivity contribution is -0.0498. The first kappa shape index (κ1) is 14.0. The molecule has 0 saturated carbocycles. The number of halogens is 2. The SMILES string of the molecule is FC(F)Oc1ccc(/C=N/Nc2nc3ccccc3[nH]2)cc1. The number of nitrogens with one attached hydrogen (secondary N) is 2. The standard InChI is InChI=1S/C15H12F2N4O/c16-14(17)22-11-7-5-10(6-8-11)9-18-21-15-19-12-3-1-2-4-13(12)20-15/h1-9,14H,(H2,19,20,21)/b18-9+. The van der Waals surface area contributed by atoms with Gasteiger partial charge in [-0.05, 0) is 42.0 Å². The number of hydrogen-bond acceptors (Lipinski definition) is 4. The highest BCUT2D eigenvalue weighted by Crippen LogP contribution is 2.15. The summed E-state index contributed by atoms with van der Waals surface area (Å²) in [4.78, 5) is 7.38. The number of imidazole rings is 1. The normalized spacial score (nSPS) is 11.4. The summed E-state index contributed by atoms with van der Waals surface area (Å²) in [6.45, 7) is -2.82. The number of anilines is 1. The molecule has 0 unspecified atom stereocenters. The highest BCUT2D eigenvalue weighted by atomic mass is 19.3. The van der Waals surface area contributed by atoms with Gasteiger partial charge in [-0.3, -0.25) is 0 Å². The molecule has 0 bridgehead atoms. The van der Waals surface area contributed by atoms with Gasteiger partial charge in [0.15, 0.2) is 0 Å². The molecule has 5 nitrogen and oxygen atoms in total. The number of H-pyrrole nitrogens is 1. The number of aromatic amines is 1. The molecule has 7 heteroatoms. The van der Waals surface area contributed by atoms with Crippen molar-refractivity contribution in [3.8, 4) is 5.75 Å². The van der Waals surface area contributed by atoms with Gasteiger partial charge in [0, 0.05) is 0 Å². The maximum Gasteiger partial charge on any atom is 0.387 e. The van der Waals surface area contributed by atoms with E-state index in [9.17, 15) is 8.78 Å². The Labute approximate surface area is 124 Å². The predicted octanol–water partition coefficient (Wildman–Crippen LogP) is 3.61. The maximum atomic E-state index is 12.0. The molecule has 112 valence electrons. The van der Waals surface area contributed by atoms with Crippen LogP contribution in [0, 0.1) is 0 Å². The number of hydrogen-bond donors (Lipinski definition) is 2. The van der Waals surface area contributed by atoms with Crippen molar-refractivity contribution in [2.24, 2.45) is 5.10 Å². The predicted molar refractivity (Wildman–Crippen MR) is 80.4 cm³/mol. The van der Waals surface area contributed by atoms with E-state index in [1.54, 1.807) is 18.3 Å². The molecule has 0 amide bonds. The first-order valence-electron chi connectivity index (χ1n) is 6.49. The third-order valence-corrected chi connectivity index (χ3v) is 2.88. The molecular formula is C15H12F2N4O. The van der Waals surface area contributed by atoms with Crippen molar-refractivity contribution in [1.29, 1.82) is 0 Å². The van der Waals surface area contributed by atoms with E-state index in [1.807, 2.05) is 24.3 Å². The van der Waals surface area contributed by atoms with E-state index >= 15 is 0 Å². The Hall–Kier alpha value is -2.96. The maximum absolute atomic E-state index is 12.0. The fourth-order valence-corrected chi connectivity index (χ4v) is 1.91. The first-order chi connectivity index (χ1) is 10.7. The van der Waals surface area contributed by atoms with Crippen molar-refractivity contribution in [3.05, 3.63) is 54.1 Å². The summed E-state index contributed by atoms with van der Waals surface area (Å²) in [6, 6.07) is 13.8.